The van der Waals surface area contributed by atoms with Crippen LogP contribution < -0.4 is 5.32 Å². The van der Waals surface area contributed by atoms with Crippen LogP contribution in [0.2, 0.25) is 0 Å². The van der Waals surface area contributed by atoms with Gasteiger partial charge in [-0.15, -0.1) is 11.3 Å². The number of esters is 1. The second-order valence-electron chi connectivity index (χ2n) is 6.65. The number of thiophene rings is 1. The van der Waals surface area contributed by atoms with Crippen LogP contribution in [0.25, 0.3) is 6.08 Å². The molecule has 1 atom stereocenters. The lowest BCUT2D eigenvalue weighted by atomic mass is 9.88. The van der Waals surface area contributed by atoms with Crippen LogP contribution >= 0.6 is 11.3 Å². The molecule has 1 amide bonds. The lowest BCUT2D eigenvalue weighted by molar-refractivity contribution is -0.111. The molecule has 1 aliphatic carbocycles. The molecule has 1 heterocycles. The van der Waals surface area contributed by atoms with Crippen molar-refractivity contribution in [1.82, 2.24) is 0 Å². The third kappa shape index (κ3) is 4.63. The lowest BCUT2D eigenvalue weighted by Gasteiger charge is -2.18. The van der Waals surface area contributed by atoms with Crippen LogP contribution in [-0.4, -0.2) is 18.5 Å². The number of carbonyl (C=O) groups excluding carboxylic acids is 2. The van der Waals surface area contributed by atoms with Gasteiger partial charge in [0.2, 0.25) is 5.91 Å². The Bertz CT molecular complexity index is 870. The summed E-state index contributed by atoms with van der Waals surface area (Å²) in [6, 6.07) is 5.86. The van der Waals surface area contributed by atoms with Gasteiger partial charge >= 0.3 is 5.97 Å². The highest BCUT2D eigenvalue weighted by atomic mass is 32.1. The molecule has 27 heavy (non-hydrogen) atoms. The highest BCUT2D eigenvalue weighted by molar-refractivity contribution is 7.17. The number of ether oxygens (including phenoxy) is 1. The Hall–Kier alpha value is -2.47. The van der Waals surface area contributed by atoms with E-state index in [0.717, 1.165) is 35.3 Å². The highest BCUT2D eigenvalue weighted by Crippen LogP contribution is 2.40. The summed E-state index contributed by atoms with van der Waals surface area (Å²) in [5, 5.41) is 3.36. The number of fused-ring (bicyclic) bond motifs is 1. The standard InChI is InChI=1S/C21H22FNO3S/c1-3-26-21(25)19-16-10-4-13(2)12-17(16)27-20(19)23-18(24)11-7-14-5-8-15(22)9-6-14/h5-9,11,13H,3-4,10,12H2,1-2H3,(H,23,24)/b11-7+/t13-/m1/s1. The molecular formula is C21H22FNO3S. The summed E-state index contributed by atoms with van der Waals surface area (Å²) in [6.07, 6.45) is 5.74. The van der Waals surface area contributed by atoms with Crippen molar-refractivity contribution in [1.29, 1.82) is 0 Å². The average Bonchev–Trinajstić information content (AvgIpc) is 2.98. The predicted octanol–water partition coefficient (Wildman–Crippen LogP) is 4.84. The molecule has 1 aromatic heterocycles. The minimum atomic E-state index is -0.387. The third-order valence-electron chi connectivity index (χ3n) is 4.53. The van der Waals surface area contributed by atoms with Gasteiger partial charge in [-0.2, -0.15) is 0 Å². The van der Waals surface area contributed by atoms with Crippen molar-refractivity contribution in [2.24, 2.45) is 5.92 Å². The second-order valence-corrected chi connectivity index (χ2v) is 7.76. The van der Waals surface area contributed by atoms with Crippen LogP contribution in [0.4, 0.5) is 9.39 Å². The summed E-state index contributed by atoms with van der Waals surface area (Å²) in [5.74, 6) is -0.485. The summed E-state index contributed by atoms with van der Waals surface area (Å²) in [5.41, 5.74) is 2.22. The molecule has 6 heteroatoms. The van der Waals surface area contributed by atoms with Crippen LogP contribution in [0.15, 0.2) is 30.3 Å². The van der Waals surface area contributed by atoms with Crippen molar-refractivity contribution in [2.75, 3.05) is 11.9 Å². The third-order valence-corrected chi connectivity index (χ3v) is 5.69. The van der Waals surface area contributed by atoms with E-state index in [2.05, 4.69) is 12.2 Å². The van der Waals surface area contributed by atoms with E-state index in [1.54, 1.807) is 25.1 Å². The largest absolute Gasteiger partial charge is 0.462 e. The number of hydrogen-bond acceptors (Lipinski definition) is 4. The minimum absolute atomic E-state index is 0.289. The van der Waals surface area contributed by atoms with Gasteiger partial charge in [0.1, 0.15) is 10.8 Å². The van der Waals surface area contributed by atoms with E-state index >= 15 is 0 Å². The fraction of sp³-hybridized carbons (Fsp3) is 0.333. The van der Waals surface area contributed by atoms with Crippen molar-refractivity contribution >= 4 is 34.3 Å². The van der Waals surface area contributed by atoms with E-state index < -0.39 is 0 Å². The topological polar surface area (TPSA) is 55.4 Å². The Morgan fingerprint density at radius 3 is 2.78 bits per heavy atom. The molecule has 0 saturated carbocycles. The Balaban J connectivity index is 1.81. The monoisotopic (exact) mass is 387 g/mol. The summed E-state index contributed by atoms with van der Waals surface area (Å²) >= 11 is 1.46. The Morgan fingerprint density at radius 2 is 2.07 bits per heavy atom. The molecule has 2 aromatic rings. The van der Waals surface area contributed by atoms with Crippen molar-refractivity contribution in [2.45, 2.75) is 33.1 Å². The molecule has 0 saturated heterocycles. The summed E-state index contributed by atoms with van der Waals surface area (Å²) in [7, 11) is 0. The molecule has 0 unspecified atom stereocenters. The second kappa shape index (κ2) is 8.48. The van der Waals surface area contributed by atoms with Crippen molar-refractivity contribution in [3.8, 4) is 0 Å². The van der Waals surface area contributed by atoms with Gasteiger partial charge in [-0.05, 0) is 61.4 Å². The van der Waals surface area contributed by atoms with Gasteiger partial charge in [0.05, 0.1) is 12.2 Å². The van der Waals surface area contributed by atoms with Gasteiger partial charge in [0.25, 0.3) is 0 Å². The Morgan fingerprint density at radius 1 is 1.33 bits per heavy atom. The van der Waals surface area contributed by atoms with Crippen LogP contribution in [0.1, 0.15) is 46.6 Å². The first-order valence-corrected chi connectivity index (χ1v) is 9.85. The smallest absolute Gasteiger partial charge is 0.341 e. The van der Waals surface area contributed by atoms with Gasteiger partial charge in [-0.1, -0.05) is 19.1 Å². The predicted molar refractivity (Wildman–Crippen MR) is 106 cm³/mol. The molecular weight excluding hydrogens is 365 g/mol. The summed E-state index contributed by atoms with van der Waals surface area (Å²) in [4.78, 5) is 25.9. The highest BCUT2D eigenvalue weighted by Gasteiger charge is 2.28. The maximum atomic E-state index is 13.0. The molecule has 1 aliphatic rings. The van der Waals surface area contributed by atoms with Gasteiger partial charge < -0.3 is 10.1 Å². The number of nitrogens with one attached hydrogen (secondary N) is 1. The van der Waals surface area contributed by atoms with Crippen molar-refractivity contribution in [3.05, 3.63) is 57.7 Å². The van der Waals surface area contributed by atoms with Gasteiger partial charge in [0.15, 0.2) is 0 Å². The van der Waals surface area contributed by atoms with Crippen molar-refractivity contribution < 1.29 is 18.7 Å². The van der Waals surface area contributed by atoms with Crippen LogP contribution in [0.3, 0.4) is 0 Å². The number of hydrogen-bond donors (Lipinski definition) is 1. The molecule has 0 aliphatic heterocycles. The van der Waals surface area contributed by atoms with Crippen LogP contribution in [0, 0.1) is 11.7 Å². The van der Waals surface area contributed by atoms with E-state index in [4.69, 9.17) is 4.74 Å². The molecule has 0 fully saturated rings. The lowest BCUT2D eigenvalue weighted by Crippen LogP contribution is -2.15. The van der Waals surface area contributed by atoms with Gasteiger partial charge in [-0.25, -0.2) is 9.18 Å². The number of benzene rings is 1. The Kier molecular flexibility index (Phi) is 6.06. The molecule has 1 N–H and O–H groups in total. The van der Waals surface area contributed by atoms with Gasteiger partial charge in [-0.3, -0.25) is 4.79 Å². The molecule has 0 spiro atoms. The van der Waals surface area contributed by atoms with E-state index in [-0.39, 0.29) is 24.3 Å². The number of halogens is 1. The Labute approximate surface area is 162 Å². The zero-order chi connectivity index (χ0) is 19.4. The van der Waals surface area contributed by atoms with E-state index in [1.807, 2.05) is 0 Å². The minimum Gasteiger partial charge on any atom is -0.462 e. The molecule has 3 rings (SSSR count). The zero-order valence-electron chi connectivity index (χ0n) is 15.4. The first-order chi connectivity index (χ1) is 13.0. The number of anilines is 1. The molecule has 1 aromatic carbocycles. The van der Waals surface area contributed by atoms with E-state index in [0.29, 0.717) is 16.5 Å². The van der Waals surface area contributed by atoms with Gasteiger partial charge in [0, 0.05) is 11.0 Å². The fourth-order valence-electron chi connectivity index (χ4n) is 3.16. The molecule has 4 nitrogen and oxygen atoms in total. The molecule has 142 valence electrons. The maximum absolute atomic E-state index is 13.0. The number of amides is 1. The normalized spacial score (nSPS) is 16.2. The quantitative estimate of drug-likeness (QED) is 0.590. The number of carbonyl (C=O) groups is 2. The maximum Gasteiger partial charge on any atom is 0.341 e. The average molecular weight is 387 g/mol. The first kappa shape index (κ1) is 19.3. The fourth-order valence-corrected chi connectivity index (χ4v) is 4.56. The van der Waals surface area contributed by atoms with Crippen LogP contribution in [0.5, 0.6) is 0 Å². The summed E-state index contributed by atoms with van der Waals surface area (Å²) in [6.45, 7) is 4.25. The van der Waals surface area contributed by atoms with Crippen LogP contribution in [-0.2, 0) is 22.4 Å². The SMILES string of the molecule is CCOC(=O)c1c(NC(=O)/C=C/c2ccc(F)cc2)sc2c1CC[C@@H](C)C2. The molecule has 0 bridgehead atoms. The summed E-state index contributed by atoms with van der Waals surface area (Å²) < 4.78 is 18.2. The van der Waals surface area contributed by atoms with E-state index in [9.17, 15) is 14.0 Å². The molecule has 0 radical (unpaired) electrons. The first-order valence-electron chi connectivity index (χ1n) is 9.04. The number of rotatable bonds is 5. The zero-order valence-corrected chi connectivity index (χ0v) is 16.2. The van der Waals surface area contributed by atoms with E-state index in [1.165, 1.54) is 29.5 Å². The van der Waals surface area contributed by atoms with Crippen molar-refractivity contribution in [3.63, 3.8) is 0 Å².